The van der Waals surface area contributed by atoms with Crippen molar-refractivity contribution in [3.8, 4) is 11.8 Å². The lowest BCUT2D eigenvalue weighted by Crippen LogP contribution is -2.32. The summed E-state index contributed by atoms with van der Waals surface area (Å²) < 4.78 is 5.72. The molecule has 0 saturated carbocycles. The molecule has 0 aromatic rings. The third-order valence-electron chi connectivity index (χ3n) is 3.62. The van der Waals surface area contributed by atoms with Gasteiger partial charge in [0.15, 0.2) is 0 Å². The molecule has 0 radical (unpaired) electrons. The van der Waals surface area contributed by atoms with Crippen LogP contribution in [0.1, 0.15) is 39.0 Å². The molecule has 3 nitrogen and oxygen atoms in total. The molecule has 1 aliphatic rings. The van der Waals surface area contributed by atoms with Gasteiger partial charge in [0.25, 0.3) is 0 Å². The van der Waals surface area contributed by atoms with Gasteiger partial charge in [0.1, 0.15) is 0 Å². The van der Waals surface area contributed by atoms with E-state index in [0.717, 1.165) is 45.7 Å². The molecule has 0 amide bonds. The highest BCUT2D eigenvalue weighted by Crippen LogP contribution is 2.07. The fourth-order valence-electron chi connectivity index (χ4n) is 2.40. The topological polar surface area (TPSA) is 15.7 Å². The van der Waals surface area contributed by atoms with Crippen LogP contribution in [0.2, 0.25) is 0 Å². The van der Waals surface area contributed by atoms with Crippen LogP contribution in [0.3, 0.4) is 0 Å². The van der Waals surface area contributed by atoms with Crippen LogP contribution in [-0.4, -0.2) is 62.8 Å². The molecule has 0 aromatic carbocycles. The minimum absolute atomic E-state index is 0.887. The van der Waals surface area contributed by atoms with E-state index in [-0.39, 0.29) is 0 Å². The van der Waals surface area contributed by atoms with Gasteiger partial charge in [0, 0.05) is 32.7 Å². The summed E-state index contributed by atoms with van der Waals surface area (Å²) in [6.45, 7) is 9.50. The number of hydrogen-bond donors (Lipinski definition) is 0. The van der Waals surface area contributed by atoms with Crippen molar-refractivity contribution in [1.82, 2.24) is 9.80 Å². The van der Waals surface area contributed by atoms with Crippen LogP contribution in [0.5, 0.6) is 0 Å². The predicted molar refractivity (Wildman–Crippen MR) is 81.3 cm³/mol. The smallest absolute Gasteiger partial charge is 0.0593 e. The number of nitrogens with zero attached hydrogens (tertiary/aromatic N) is 2. The zero-order valence-electron chi connectivity index (χ0n) is 12.8. The molecule has 3 heteroatoms. The van der Waals surface area contributed by atoms with Gasteiger partial charge in [-0.15, -0.1) is 11.8 Å². The van der Waals surface area contributed by atoms with E-state index in [9.17, 15) is 0 Å². The van der Waals surface area contributed by atoms with E-state index in [4.69, 9.17) is 4.74 Å². The summed E-state index contributed by atoms with van der Waals surface area (Å²) in [5.41, 5.74) is 0. The quantitative estimate of drug-likeness (QED) is 0.470. The number of piperidine rings is 1. The molecule has 0 spiro atoms. The second-order valence-electron chi connectivity index (χ2n) is 5.35. The number of likely N-dealkylation sites (tertiary alicyclic amines) is 1. The predicted octanol–water partition coefficient (Wildman–Crippen LogP) is 2.22. The standard InChI is InChI=1S/C16H30N2O/c1-3-4-6-10-17(2)11-9-15-19-16-14-18-12-7-5-8-13-18/h5-16H2,1-2H3. The summed E-state index contributed by atoms with van der Waals surface area (Å²) in [6.07, 6.45) is 6.24. The van der Waals surface area contributed by atoms with Gasteiger partial charge in [-0.05, 0) is 46.3 Å². The van der Waals surface area contributed by atoms with E-state index < -0.39 is 0 Å². The van der Waals surface area contributed by atoms with Gasteiger partial charge in [-0.25, -0.2) is 0 Å². The molecule has 0 N–H and O–H groups in total. The molecular weight excluding hydrogens is 236 g/mol. The molecule has 0 atom stereocenters. The zero-order valence-corrected chi connectivity index (χ0v) is 12.8. The lowest BCUT2D eigenvalue weighted by molar-refractivity contribution is 0.0906. The molecule has 1 aliphatic heterocycles. The fraction of sp³-hybridized carbons (Fsp3) is 0.875. The summed E-state index contributed by atoms with van der Waals surface area (Å²) >= 11 is 0. The van der Waals surface area contributed by atoms with Gasteiger partial charge in [-0.3, -0.25) is 0 Å². The van der Waals surface area contributed by atoms with Crippen LogP contribution < -0.4 is 0 Å². The van der Waals surface area contributed by atoms with E-state index in [1.54, 1.807) is 0 Å². The molecule has 0 unspecified atom stereocenters. The molecule has 19 heavy (non-hydrogen) atoms. The number of rotatable bonds is 9. The van der Waals surface area contributed by atoms with Gasteiger partial charge >= 0.3 is 0 Å². The van der Waals surface area contributed by atoms with Crippen molar-refractivity contribution in [1.29, 1.82) is 0 Å². The van der Waals surface area contributed by atoms with Gasteiger partial charge in [-0.1, -0.05) is 6.42 Å². The van der Waals surface area contributed by atoms with Crippen LogP contribution in [0.4, 0.5) is 0 Å². The summed E-state index contributed by atoms with van der Waals surface area (Å²) in [4.78, 5) is 4.86. The van der Waals surface area contributed by atoms with Crippen molar-refractivity contribution in [2.45, 2.75) is 39.0 Å². The highest BCUT2D eigenvalue weighted by molar-refractivity contribution is 4.95. The molecule has 0 aromatic heterocycles. The largest absolute Gasteiger partial charge is 0.380 e. The maximum atomic E-state index is 5.72. The Morgan fingerprint density at radius 2 is 1.89 bits per heavy atom. The summed E-state index contributed by atoms with van der Waals surface area (Å²) in [5.74, 6) is 6.03. The zero-order chi connectivity index (χ0) is 13.8. The van der Waals surface area contributed by atoms with Crippen molar-refractivity contribution in [3.05, 3.63) is 0 Å². The van der Waals surface area contributed by atoms with Crippen LogP contribution in [-0.2, 0) is 4.74 Å². The molecular formula is C16H30N2O. The van der Waals surface area contributed by atoms with Crippen LogP contribution in [0.25, 0.3) is 0 Å². The van der Waals surface area contributed by atoms with E-state index >= 15 is 0 Å². The van der Waals surface area contributed by atoms with Crippen molar-refractivity contribution in [3.63, 3.8) is 0 Å². The van der Waals surface area contributed by atoms with Gasteiger partial charge < -0.3 is 14.5 Å². The average Bonchev–Trinajstić information content (AvgIpc) is 2.44. The average molecular weight is 266 g/mol. The summed E-state index contributed by atoms with van der Waals surface area (Å²) in [5, 5.41) is 0. The lowest BCUT2D eigenvalue weighted by atomic mass is 10.1. The minimum atomic E-state index is 0.887. The first-order chi connectivity index (χ1) is 9.33. The van der Waals surface area contributed by atoms with E-state index in [1.807, 2.05) is 6.92 Å². The first kappa shape index (κ1) is 16.5. The van der Waals surface area contributed by atoms with Gasteiger partial charge in [-0.2, -0.15) is 0 Å². The highest BCUT2D eigenvalue weighted by atomic mass is 16.5. The Labute approximate surface area is 119 Å². The van der Waals surface area contributed by atoms with Crippen molar-refractivity contribution >= 4 is 0 Å². The first-order valence-electron chi connectivity index (χ1n) is 7.71. The number of hydrogen-bond acceptors (Lipinski definition) is 3. The number of ether oxygens (including phenoxy) is 1. The van der Waals surface area contributed by atoms with E-state index in [1.165, 1.54) is 32.4 Å². The Hall–Kier alpha value is -0.560. The molecule has 110 valence electrons. The van der Waals surface area contributed by atoms with Gasteiger partial charge in [0.05, 0.1) is 6.61 Å². The Bertz CT molecular complexity index is 264. The van der Waals surface area contributed by atoms with Crippen molar-refractivity contribution < 1.29 is 4.74 Å². The third-order valence-corrected chi connectivity index (χ3v) is 3.62. The molecule has 0 bridgehead atoms. The Morgan fingerprint density at radius 1 is 1.11 bits per heavy atom. The second-order valence-corrected chi connectivity index (χ2v) is 5.35. The van der Waals surface area contributed by atoms with Crippen LogP contribution in [0, 0.1) is 11.8 Å². The molecule has 1 saturated heterocycles. The molecule has 1 rings (SSSR count). The van der Waals surface area contributed by atoms with E-state index in [0.29, 0.717) is 0 Å². The summed E-state index contributed by atoms with van der Waals surface area (Å²) in [7, 11) is 2.16. The third kappa shape index (κ3) is 9.04. The minimum Gasteiger partial charge on any atom is -0.380 e. The maximum Gasteiger partial charge on any atom is 0.0593 e. The SMILES string of the molecule is CC#CCCN(C)CCCOCCN1CCCCC1. The van der Waals surface area contributed by atoms with Gasteiger partial charge in [0.2, 0.25) is 0 Å². The maximum absolute atomic E-state index is 5.72. The normalized spacial score (nSPS) is 16.4. The Balaban J connectivity index is 1.85. The Morgan fingerprint density at radius 3 is 2.63 bits per heavy atom. The van der Waals surface area contributed by atoms with Crippen molar-refractivity contribution in [2.75, 3.05) is 53.0 Å². The second kappa shape index (κ2) is 11.3. The highest BCUT2D eigenvalue weighted by Gasteiger charge is 2.08. The van der Waals surface area contributed by atoms with Crippen molar-refractivity contribution in [2.24, 2.45) is 0 Å². The first-order valence-corrected chi connectivity index (χ1v) is 7.71. The van der Waals surface area contributed by atoms with E-state index in [2.05, 4.69) is 28.7 Å². The van der Waals surface area contributed by atoms with Crippen LogP contribution in [0.15, 0.2) is 0 Å². The molecule has 1 fully saturated rings. The fourth-order valence-corrected chi connectivity index (χ4v) is 2.40. The summed E-state index contributed by atoms with van der Waals surface area (Å²) in [6, 6.07) is 0. The molecule has 0 aliphatic carbocycles. The lowest BCUT2D eigenvalue weighted by Gasteiger charge is -2.26. The van der Waals surface area contributed by atoms with Crippen LogP contribution >= 0.6 is 0 Å². The monoisotopic (exact) mass is 266 g/mol. The Kier molecular flexibility index (Phi) is 9.79. The molecule has 1 heterocycles.